The summed E-state index contributed by atoms with van der Waals surface area (Å²) >= 11 is 6.04. The first kappa shape index (κ1) is 18.4. The molecule has 27 heavy (non-hydrogen) atoms. The van der Waals surface area contributed by atoms with Crippen molar-refractivity contribution in [1.29, 1.82) is 0 Å². The van der Waals surface area contributed by atoms with Gasteiger partial charge in [-0.2, -0.15) is 0 Å². The number of fused-ring (bicyclic) bond motifs is 2. The number of hydrogen-bond donors (Lipinski definition) is 3. The molecule has 4 nitrogen and oxygen atoms in total. The van der Waals surface area contributed by atoms with Crippen LogP contribution in [-0.4, -0.2) is 30.2 Å². The number of piperidine rings is 1. The number of benzene rings is 2. The molecular formula is C21H22ClFN2O2. The fourth-order valence-electron chi connectivity index (χ4n) is 4.55. The lowest BCUT2D eigenvalue weighted by Gasteiger charge is -2.38. The van der Waals surface area contributed by atoms with Crippen molar-refractivity contribution < 1.29 is 14.3 Å². The van der Waals surface area contributed by atoms with Crippen molar-refractivity contribution in [3.8, 4) is 0 Å². The molecule has 2 aromatic carbocycles. The van der Waals surface area contributed by atoms with Crippen molar-refractivity contribution in [1.82, 2.24) is 10.6 Å². The van der Waals surface area contributed by atoms with Gasteiger partial charge in [0, 0.05) is 16.0 Å². The standard InChI is InChI=1S/C21H22ClFN2O2/c22-16-6-3-7-17(23)14(16)12-18(26)25-19-13-4-1-2-5-15(13)21(20(19)27)8-10-24-11-9-21/h1-7,19-20,24,27H,8-12H2,(H,25,26)/t19-,20+/m1/s1. The summed E-state index contributed by atoms with van der Waals surface area (Å²) in [6.45, 7) is 1.66. The molecule has 3 N–H and O–H groups in total. The van der Waals surface area contributed by atoms with E-state index in [0.29, 0.717) is 0 Å². The average Bonchev–Trinajstić information content (AvgIpc) is 2.89. The van der Waals surface area contributed by atoms with Crippen LogP contribution in [0.25, 0.3) is 0 Å². The molecule has 2 aromatic rings. The van der Waals surface area contributed by atoms with E-state index in [2.05, 4.69) is 10.6 Å². The van der Waals surface area contributed by atoms with Gasteiger partial charge in [-0.1, -0.05) is 41.9 Å². The lowest BCUT2D eigenvalue weighted by Crippen LogP contribution is -2.48. The first-order valence-corrected chi connectivity index (χ1v) is 9.61. The van der Waals surface area contributed by atoms with E-state index < -0.39 is 18.0 Å². The van der Waals surface area contributed by atoms with Gasteiger partial charge in [-0.15, -0.1) is 0 Å². The van der Waals surface area contributed by atoms with Crippen LogP contribution in [0.4, 0.5) is 4.39 Å². The lowest BCUT2D eigenvalue weighted by molar-refractivity contribution is -0.122. The number of halogens is 2. The van der Waals surface area contributed by atoms with Crippen LogP contribution in [0.3, 0.4) is 0 Å². The molecule has 0 aromatic heterocycles. The van der Waals surface area contributed by atoms with E-state index in [-0.39, 0.29) is 28.3 Å². The van der Waals surface area contributed by atoms with E-state index in [1.54, 1.807) is 6.07 Å². The van der Waals surface area contributed by atoms with Crippen LogP contribution in [0.15, 0.2) is 42.5 Å². The number of carbonyl (C=O) groups excluding carboxylic acids is 1. The summed E-state index contributed by atoms with van der Waals surface area (Å²) in [5.41, 5.74) is 1.87. The fourth-order valence-corrected chi connectivity index (χ4v) is 4.78. The summed E-state index contributed by atoms with van der Waals surface area (Å²) in [6.07, 6.45) is 0.760. The molecule has 0 bridgehead atoms. The first-order chi connectivity index (χ1) is 13.0. The van der Waals surface area contributed by atoms with Gasteiger partial charge in [0.1, 0.15) is 5.82 Å². The van der Waals surface area contributed by atoms with Crippen molar-refractivity contribution in [2.45, 2.75) is 36.8 Å². The Hall–Kier alpha value is -1.95. The van der Waals surface area contributed by atoms with Crippen LogP contribution in [0.1, 0.15) is 35.6 Å². The Morgan fingerprint density at radius 3 is 2.70 bits per heavy atom. The van der Waals surface area contributed by atoms with Crippen LogP contribution < -0.4 is 10.6 Å². The zero-order valence-electron chi connectivity index (χ0n) is 14.8. The highest BCUT2D eigenvalue weighted by Crippen LogP contribution is 2.50. The third-order valence-electron chi connectivity index (χ3n) is 5.93. The molecule has 1 saturated heterocycles. The number of aliphatic hydroxyl groups excluding tert-OH is 1. The SMILES string of the molecule is O=C(Cc1c(F)cccc1Cl)N[C@@H]1c2ccccc2C2(CCNCC2)[C@H]1O. The minimum Gasteiger partial charge on any atom is -0.390 e. The molecule has 0 unspecified atom stereocenters. The summed E-state index contributed by atoms with van der Waals surface area (Å²) in [4.78, 5) is 12.6. The molecule has 4 rings (SSSR count). The molecule has 0 saturated carbocycles. The molecule has 6 heteroatoms. The number of aliphatic hydroxyl groups is 1. The third-order valence-corrected chi connectivity index (χ3v) is 6.28. The highest BCUT2D eigenvalue weighted by molar-refractivity contribution is 6.31. The Bertz CT molecular complexity index is 847. The van der Waals surface area contributed by atoms with Gasteiger partial charge < -0.3 is 15.7 Å². The molecule has 2 aliphatic rings. The van der Waals surface area contributed by atoms with Crippen molar-refractivity contribution in [3.63, 3.8) is 0 Å². The molecular weight excluding hydrogens is 367 g/mol. The second-order valence-electron chi connectivity index (χ2n) is 7.36. The number of nitrogens with one attached hydrogen (secondary N) is 2. The summed E-state index contributed by atoms with van der Waals surface area (Å²) in [7, 11) is 0. The molecule has 142 valence electrons. The molecule has 1 amide bonds. The molecule has 2 atom stereocenters. The summed E-state index contributed by atoms with van der Waals surface area (Å²) in [5, 5.41) is 17.7. The number of carbonyl (C=O) groups is 1. The zero-order chi connectivity index (χ0) is 19.0. The van der Waals surface area contributed by atoms with Crippen molar-refractivity contribution in [2.75, 3.05) is 13.1 Å². The average molecular weight is 389 g/mol. The minimum absolute atomic E-state index is 0.161. The Balaban J connectivity index is 1.60. The molecule has 1 heterocycles. The van der Waals surface area contributed by atoms with Crippen molar-refractivity contribution in [2.24, 2.45) is 0 Å². The minimum atomic E-state index is -0.711. The molecule has 1 aliphatic heterocycles. The Labute approximate surface area is 162 Å². The van der Waals surface area contributed by atoms with E-state index in [1.807, 2.05) is 24.3 Å². The monoisotopic (exact) mass is 388 g/mol. The molecule has 0 radical (unpaired) electrons. The van der Waals surface area contributed by atoms with Crippen molar-refractivity contribution >= 4 is 17.5 Å². The topological polar surface area (TPSA) is 61.4 Å². The van der Waals surface area contributed by atoms with Gasteiger partial charge >= 0.3 is 0 Å². The zero-order valence-corrected chi connectivity index (χ0v) is 15.6. The van der Waals surface area contributed by atoms with Crippen LogP contribution >= 0.6 is 11.6 Å². The van der Waals surface area contributed by atoms with E-state index in [1.165, 1.54) is 12.1 Å². The summed E-state index contributed by atoms with van der Waals surface area (Å²) in [5.74, 6) is -0.855. The van der Waals surface area contributed by atoms with Gasteiger partial charge in [-0.3, -0.25) is 4.79 Å². The third kappa shape index (κ3) is 3.14. The van der Waals surface area contributed by atoms with E-state index >= 15 is 0 Å². The second kappa shape index (κ2) is 7.23. The first-order valence-electron chi connectivity index (χ1n) is 9.23. The van der Waals surface area contributed by atoms with E-state index in [4.69, 9.17) is 11.6 Å². The largest absolute Gasteiger partial charge is 0.390 e. The maximum absolute atomic E-state index is 14.0. The quantitative estimate of drug-likeness (QED) is 0.757. The van der Waals surface area contributed by atoms with Gasteiger partial charge in [-0.25, -0.2) is 4.39 Å². The van der Waals surface area contributed by atoms with Gasteiger partial charge in [0.05, 0.1) is 18.6 Å². The highest BCUT2D eigenvalue weighted by atomic mass is 35.5. The Morgan fingerprint density at radius 2 is 1.96 bits per heavy atom. The highest BCUT2D eigenvalue weighted by Gasteiger charge is 2.52. The maximum atomic E-state index is 14.0. The van der Waals surface area contributed by atoms with Crippen LogP contribution in [0, 0.1) is 5.82 Å². The lowest BCUT2D eigenvalue weighted by atomic mass is 9.72. The number of hydrogen-bond acceptors (Lipinski definition) is 3. The second-order valence-corrected chi connectivity index (χ2v) is 7.77. The smallest absolute Gasteiger partial charge is 0.225 e. The van der Waals surface area contributed by atoms with Crippen LogP contribution in [0.2, 0.25) is 5.02 Å². The molecule has 1 fully saturated rings. The molecule has 1 spiro atoms. The van der Waals surface area contributed by atoms with Gasteiger partial charge in [0.15, 0.2) is 0 Å². The fraction of sp³-hybridized carbons (Fsp3) is 0.381. The van der Waals surface area contributed by atoms with Gasteiger partial charge in [-0.05, 0) is 49.2 Å². The van der Waals surface area contributed by atoms with Gasteiger partial charge in [0.2, 0.25) is 5.91 Å². The molecule has 1 aliphatic carbocycles. The summed E-state index contributed by atoms with van der Waals surface area (Å²) in [6, 6.07) is 11.8. The van der Waals surface area contributed by atoms with Crippen LogP contribution in [-0.2, 0) is 16.6 Å². The predicted octanol–water partition coefficient (Wildman–Crippen LogP) is 2.87. The predicted molar refractivity (Wildman–Crippen MR) is 102 cm³/mol. The Kier molecular flexibility index (Phi) is 4.93. The Morgan fingerprint density at radius 1 is 1.22 bits per heavy atom. The number of amides is 1. The maximum Gasteiger partial charge on any atom is 0.225 e. The van der Waals surface area contributed by atoms with Crippen LogP contribution in [0.5, 0.6) is 0 Å². The number of rotatable bonds is 3. The van der Waals surface area contributed by atoms with Gasteiger partial charge in [0.25, 0.3) is 0 Å². The van der Waals surface area contributed by atoms with Crippen molar-refractivity contribution in [3.05, 3.63) is 70.0 Å². The normalized spacial score (nSPS) is 23.2. The summed E-state index contributed by atoms with van der Waals surface area (Å²) < 4.78 is 14.0. The van der Waals surface area contributed by atoms with E-state index in [9.17, 15) is 14.3 Å². The van der Waals surface area contributed by atoms with E-state index in [0.717, 1.165) is 37.1 Å².